The zero-order valence-corrected chi connectivity index (χ0v) is 8.42. The van der Waals surface area contributed by atoms with E-state index in [0.29, 0.717) is 11.7 Å². The summed E-state index contributed by atoms with van der Waals surface area (Å²) in [6.45, 7) is 0. The molecule has 4 heteroatoms. The number of hydrogen-bond donors (Lipinski definition) is 1. The summed E-state index contributed by atoms with van der Waals surface area (Å²) in [5.41, 5.74) is 1.53. The summed E-state index contributed by atoms with van der Waals surface area (Å²) in [6, 6.07) is 13.7. The van der Waals surface area contributed by atoms with Crippen molar-refractivity contribution in [2.24, 2.45) is 0 Å². The molecule has 0 aliphatic heterocycles. The molecule has 16 heavy (non-hydrogen) atoms. The number of pyridine rings is 1. The fourth-order valence-electron chi connectivity index (χ4n) is 1.47. The highest BCUT2D eigenvalue weighted by atomic mass is 16.5. The van der Waals surface area contributed by atoms with E-state index >= 15 is 0 Å². The Hall–Kier alpha value is -2.36. The highest BCUT2D eigenvalue weighted by Gasteiger charge is 2.04. The Kier molecular flexibility index (Phi) is 2.04. The lowest BCUT2D eigenvalue weighted by atomic mass is 10.3. The van der Waals surface area contributed by atoms with Crippen LogP contribution < -0.4 is 4.74 Å². The van der Waals surface area contributed by atoms with E-state index in [1.807, 2.05) is 42.5 Å². The summed E-state index contributed by atoms with van der Waals surface area (Å²) in [7, 11) is 0. The molecule has 1 N–H and O–H groups in total. The highest BCUT2D eigenvalue weighted by Crippen LogP contribution is 2.19. The van der Waals surface area contributed by atoms with E-state index in [9.17, 15) is 0 Å². The topological polar surface area (TPSA) is 50.8 Å². The second kappa shape index (κ2) is 3.66. The van der Waals surface area contributed by atoms with E-state index in [1.54, 1.807) is 6.20 Å². The maximum absolute atomic E-state index is 5.56. The van der Waals surface area contributed by atoms with Gasteiger partial charge in [-0.3, -0.25) is 0 Å². The maximum Gasteiger partial charge on any atom is 0.301 e. The van der Waals surface area contributed by atoms with Crippen LogP contribution in [0.25, 0.3) is 11.2 Å². The Morgan fingerprint density at radius 1 is 1.00 bits per heavy atom. The predicted molar refractivity (Wildman–Crippen MR) is 60.4 cm³/mol. The van der Waals surface area contributed by atoms with Gasteiger partial charge in [0.05, 0.1) is 5.52 Å². The van der Waals surface area contributed by atoms with Crippen molar-refractivity contribution in [2.75, 3.05) is 0 Å². The van der Waals surface area contributed by atoms with Crippen LogP contribution in [0.2, 0.25) is 0 Å². The molecule has 0 atom stereocenters. The van der Waals surface area contributed by atoms with Gasteiger partial charge in [-0.25, -0.2) is 4.98 Å². The summed E-state index contributed by atoms with van der Waals surface area (Å²) in [5, 5.41) is 0. The molecule has 0 fully saturated rings. The lowest BCUT2D eigenvalue weighted by Crippen LogP contribution is -1.84. The number of ether oxygens (including phenoxy) is 1. The van der Waals surface area contributed by atoms with Crippen molar-refractivity contribution in [1.82, 2.24) is 15.0 Å². The SMILES string of the molecule is c1ccc(Oc2nc3ncccc3[nH]2)cc1. The molecule has 0 aliphatic rings. The summed E-state index contributed by atoms with van der Waals surface area (Å²) >= 11 is 0. The van der Waals surface area contributed by atoms with Crippen LogP contribution in [0.5, 0.6) is 11.8 Å². The molecular formula is C12H9N3O. The van der Waals surface area contributed by atoms with Gasteiger partial charge in [-0.2, -0.15) is 4.98 Å². The van der Waals surface area contributed by atoms with E-state index in [4.69, 9.17) is 4.74 Å². The molecule has 78 valence electrons. The van der Waals surface area contributed by atoms with E-state index < -0.39 is 0 Å². The Labute approximate surface area is 91.9 Å². The Morgan fingerprint density at radius 2 is 1.88 bits per heavy atom. The van der Waals surface area contributed by atoms with Gasteiger partial charge < -0.3 is 9.72 Å². The highest BCUT2D eigenvalue weighted by molar-refractivity contribution is 5.70. The van der Waals surface area contributed by atoms with Gasteiger partial charge in [0.25, 0.3) is 0 Å². The fraction of sp³-hybridized carbons (Fsp3) is 0. The lowest BCUT2D eigenvalue weighted by molar-refractivity contribution is 0.449. The lowest BCUT2D eigenvalue weighted by Gasteiger charge is -1.99. The van der Waals surface area contributed by atoms with Gasteiger partial charge in [-0.05, 0) is 24.3 Å². The maximum atomic E-state index is 5.56. The van der Waals surface area contributed by atoms with Crippen LogP contribution >= 0.6 is 0 Å². The van der Waals surface area contributed by atoms with Crippen LogP contribution in [0.3, 0.4) is 0 Å². The first-order valence-electron chi connectivity index (χ1n) is 4.95. The van der Waals surface area contributed by atoms with Crippen LogP contribution in [0.1, 0.15) is 0 Å². The van der Waals surface area contributed by atoms with Crippen molar-refractivity contribution in [3.05, 3.63) is 48.7 Å². The van der Waals surface area contributed by atoms with Gasteiger partial charge in [0, 0.05) is 6.20 Å². The number of aromatic nitrogens is 3. The van der Waals surface area contributed by atoms with Gasteiger partial charge >= 0.3 is 6.01 Å². The van der Waals surface area contributed by atoms with Crippen LogP contribution in [-0.2, 0) is 0 Å². The van der Waals surface area contributed by atoms with Gasteiger partial charge in [0.2, 0.25) is 0 Å². The molecule has 4 nitrogen and oxygen atoms in total. The van der Waals surface area contributed by atoms with Gasteiger partial charge in [-0.15, -0.1) is 0 Å². The Morgan fingerprint density at radius 3 is 2.69 bits per heavy atom. The quantitative estimate of drug-likeness (QED) is 0.709. The molecule has 2 heterocycles. The molecule has 1 aromatic carbocycles. The second-order valence-corrected chi connectivity index (χ2v) is 3.33. The minimum atomic E-state index is 0.458. The second-order valence-electron chi connectivity index (χ2n) is 3.33. The summed E-state index contributed by atoms with van der Waals surface area (Å²) in [4.78, 5) is 11.4. The first-order valence-corrected chi connectivity index (χ1v) is 4.95. The number of aromatic amines is 1. The van der Waals surface area contributed by atoms with E-state index in [-0.39, 0.29) is 0 Å². The van der Waals surface area contributed by atoms with Gasteiger partial charge in [0.15, 0.2) is 5.65 Å². The molecule has 0 amide bonds. The normalized spacial score (nSPS) is 10.5. The zero-order chi connectivity index (χ0) is 10.8. The molecule has 3 aromatic rings. The van der Waals surface area contributed by atoms with Gasteiger partial charge in [-0.1, -0.05) is 18.2 Å². The number of hydrogen-bond acceptors (Lipinski definition) is 3. The molecule has 0 radical (unpaired) electrons. The van der Waals surface area contributed by atoms with E-state index in [2.05, 4.69) is 15.0 Å². The number of fused-ring (bicyclic) bond motifs is 1. The van der Waals surface area contributed by atoms with Crippen molar-refractivity contribution >= 4 is 11.2 Å². The number of H-pyrrole nitrogens is 1. The van der Waals surface area contributed by atoms with Crippen molar-refractivity contribution < 1.29 is 4.74 Å². The van der Waals surface area contributed by atoms with Crippen LogP contribution in [0, 0.1) is 0 Å². The van der Waals surface area contributed by atoms with Crippen LogP contribution in [0.4, 0.5) is 0 Å². The third kappa shape index (κ3) is 1.61. The predicted octanol–water partition coefficient (Wildman–Crippen LogP) is 2.75. The first-order chi connectivity index (χ1) is 7.92. The summed E-state index contributed by atoms with van der Waals surface area (Å²) in [6.07, 6.45) is 1.70. The Bertz CT molecular complexity index is 571. The molecule has 0 saturated carbocycles. The molecule has 2 aromatic heterocycles. The Balaban J connectivity index is 1.95. The average molecular weight is 211 g/mol. The first kappa shape index (κ1) is 8.91. The molecule has 0 unspecified atom stereocenters. The van der Waals surface area contributed by atoms with Crippen LogP contribution in [0.15, 0.2) is 48.7 Å². The molecule has 0 aliphatic carbocycles. The fourth-order valence-corrected chi connectivity index (χ4v) is 1.47. The minimum absolute atomic E-state index is 0.458. The van der Waals surface area contributed by atoms with Crippen molar-refractivity contribution in [1.29, 1.82) is 0 Å². The largest absolute Gasteiger partial charge is 0.426 e. The third-order valence-corrected chi connectivity index (χ3v) is 2.19. The minimum Gasteiger partial charge on any atom is -0.426 e. The summed E-state index contributed by atoms with van der Waals surface area (Å²) in [5.74, 6) is 0.751. The molecule has 3 rings (SSSR count). The van der Waals surface area contributed by atoms with Crippen molar-refractivity contribution in [2.45, 2.75) is 0 Å². The smallest absolute Gasteiger partial charge is 0.301 e. The number of rotatable bonds is 2. The van der Waals surface area contributed by atoms with E-state index in [1.165, 1.54) is 0 Å². The van der Waals surface area contributed by atoms with Crippen molar-refractivity contribution in [3.8, 4) is 11.8 Å². The molecule has 0 saturated heterocycles. The molecule has 0 bridgehead atoms. The molecule has 0 spiro atoms. The number of benzene rings is 1. The van der Waals surface area contributed by atoms with E-state index in [0.717, 1.165) is 11.3 Å². The standard InChI is InChI=1S/C12H9N3O/c1-2-5-9(6-3-1)16-12-14-10-7-4-8-13-11(10)15-12/h1-8H,(H,13,14,15). The summed E-state index contributed by atoms with van der Waals surface area (Å²) < 4.78 is 5.56. The molecular weight excluding hydrogens is 202 g/mol. The van der Waals surface area contributed by atoms with Crippen LogP contribution in [-0.4, -0.2) is 15.0 Å². The number of para-hydroxylation sites is 1. The average Bonchev–Trinajstić information content (AvgIpc) is 2.72. The zero-order valence-electron chi connectivity index (χ0n) is 8.42. The monoisotopic (exact) mass is 211 g/mol. The number of nitrogens with one attached hydrogen (secondary N) is 1. The third-order valence-electron chi connectivity index (χ3n) is 2.19. The van der Waals surface area contributed by atoms with Crippen molar-refractivity contribution in [3.63, 3.8) is 0 Å². The number of imidazole rings is 1. The number of nitrogens with zero attached hydrogens (tertiary/aromatic N) is 2. The van der Waals surface area contributed by atoms with Gasteiger partial charge in [0.1, 0.15) is 5.75 Å².